The van der Waals surface area contributed by atoms with Crippen LogP contribution in [0.4, 0.5) is 0 Å². The average molecular weight is 449 g/mol. The van der Waals surface area contributed by atoms with Crippen molar-refractivity contribution in [1.82, 2.24) is 9.62 Å². The molecule has 0 atom stereocenters. The van der Waals surface area contributed by atoms with Gasteiger partial charge >= 0.3 is 0 Å². The fourth-order valence-corrected chi connectivity index (χ4v) is 5.93. The number of sulfonamides is 1. The molecule has 6 nitrogen and oxygen atoms in total. The maximum absolute atomic E-state index is 13.9. The highest BCUT2D eigenvalue weighted by Gasteiger charge is 2.45. The minimum Gasteiger partial charge on any atom is -0.381 e. The van der Waals surface area contributed by atoms with Crippen LogP contribution >= 0.6 is 11.6 Å². The van der Waals surface area contributed by atoms with Gasteiger partial charge in [-0.2, -0.15) is 0 Å². The van der Waals surface area contributed by atoms with Crippen molar-refractivity contribution in [1.29, 1.82) is 0 Å². The first kappa shape index (κ1) is 21.3. The summed E-state index contributed by atoms with van der Waals surface area (Å²) >= 11 is 6.51. The van der Waals surface area contributed by atoms with Crippen molar-refractivity contribution in [3.8, 4) is 0 Å². The Morgan fingerprint density at radius 1 is 1.13 bits per heavy atom. The molecule has 0 saturated carbocycles. The van der Waals surface area contributed by atoms with E-state index in [4.69, 9.17) is 16.3 Å². The van der Waals surface area contributed by atoms with Crippen molar-refractivity contribution >= 4 is 27.5 Å². The largest absolute Gasteiger partial charge is 0.381 e. The quantitative estimate of drug-likeness (QED) is 0.780. The van der Waals surface area contributed by atoms with E-state index in [2.05, 4.69) is 4.72 Å². The number of hydrogen-bond acceptors (Lipinski definition) is 4. The minimum atomic E-state index is -3.55. The molecular weight excluding hydrogens is 424 g/mol. The number of carbonyl (C=O) groups excluding carboxylic acids is 1. The van der Waals surface area contributed by atoms with Gasteiger partial charge in [-0.05, 0) is 55.1 Å². The Kier molecular flexibility index (Phi) is 5.90. The van der Waals surface area contributed by atoms with Crippen molar-refractivity contribution < 1.29 is 17.9 Å². The van der Waals surface area contributed by atoms with Crippen molar-refractivity contribution in [2.45, 2.75) is 36.1 Å². The Morgan fingerprint density at radius 3 is 2.57 bits per heavy atom. The van der Waals surface area contributed by atoms with Crippen LogP contribution in [-0.2, 0) is 37.9 Å². The van der Waals surface area contributed by atoms with Crippen LogP contribution < -0.4 is 4.72 Å². The molecule has 2 aliphatic rings. The fourth-order valence-electron chi connectivity index (χ4n) is 4.58. The lowest BCUT2D eigenvalue weighted by molar-refractivity contribution is -0.142. The number of halogens is 1. The van der Waals surface area contributed by atoms with Crippen LogP contribution in [-0.4, -0.2) is 46.0 Å². The van der Waals surface area contributed by atoms with Crippen LogP contribution in [0.25, 0.3) is 0 Å². The van der Waals surface area contributed by atoms with Crippen molar-refractivity contribution in [3.63, 3.8) is 0 Å². The van der Waals surface area contributed by atoms with Crippen LogP contribution in [0.2, 0.25) is 5.02 Å². The van der Waals surface area contributed by atoms with Gasteiger partial charge in [0.2, 0.25) is 15.9 Å². The first-order chi connectivity index (χ1) is 14.4. The zero-order valence-electron chi connectivity index (χ0n) is 16.9. The Hall–Kier alpha value is -1.93. The van der Waals surface area contributed by atoms with Gasteiger partial charge in [0.1, 0.15) is 0 Å². The molecule has 2 aromatic carbocycles. The standard InChI is InChI=1S/C22H25ClN2O4S/c1-24-30(27,28)20-8-4-5-16-15-25(12-9-17(16)20)21(26)22(10-13-29-14-11-22)18-6-2-3-7-19(18)23/h2-8,24H,9-15H2,1H3. The van der Waals surface area contributed by atoms with E-state index in [9.17, 15) is 13.2 Å². The number of rotatable bonds is 4. The van der Waals surface area contributed by atoms with Gasteiger partial charge in [0.05, 0.1) is 10.3 Å². The van der Waals surface area contributed by atoms with E-state index in [0.29, 0.717) is 55.5 Å². The Morgan fingerprint density at radius 2 is 1.87 bits per heavy atom. The normalized spacial score (nSPS) is 18.7. The second kappa shape index (κ2) is 8.30. The number of carbonyl (C=O) groups is 1. The summed E-state index contributed by atoms with van der Waals surface area (Å²) in [6.45, 7) is 1.86. The van der Waals surface area contributed by atoms with Crippen molar-refractivity contribution in [2.24, 2.45) is 0 Å². The number of hydrogen-bond donors (Lipinski definition) is 1. The summed E-state index contributed by atoms with van der Waals surface area (Å²) in [5.41, 5.74) is 1.78. The third kappa shape index (κ3) is 3.64. The van der Waals surface area contributed by atoms with Gasteiger partial charge in [-0.3, -0.25) is 4.79 Å². The van der Waals surface area contributed by atoms with Crippen LogP contribution in [0.3, 0.4) is 0 Å². The molecule has 1 saturated heterocycles. The Bertz CT molecular complexity index is 1060. The molecule has 0 radical (unpaired) electrons. The molecule has 0 aromatic heterocycles. The van der Waals surface area contributed by atoms with Gasteiger partial charge in [-0.25, -0.2) is 13.1 Å². The highest BCUT2D eigenvalue weighted by molar-refractivity contribution is 7.89. The SMILES string of the molecule is CNS(=O)(=O)c1cccc2c1CCN(C(=O)C1(c3ccccc3Cl)CCOCC1)C2. The Balaban J connectivity index is 1.69. The van der Waals surface area contributed by atoms with Crippen LogP contribution in [0.1, 0.15) is 29.5 Å². The molecule has 0 bridgehead atoms. The van der Waals surface area contributed by atoms with E-state index < -0.39 is 15.4 Å². The van der Waals surface area contributed by atoms with Gasteiger partial charge in [-0.15, -0.1) is 0 Å². The van der Waals surface area contributed by atoms with Gasteiger partial charge in [0, 0.05) is 31.3 Å². The van der Waals surface area contributed by atoms with Crippen LogP contribution in [0.15, 0.2) is 47.4 Å². The fraction of sp³-hybridized carbons (Fsp3) is 0.409. The predicted octanol–water partition coefficient (Wildman–Crippen LogP) is 2.88. The molecule has 2 aromatic rings. The zero-order chi connectivity index (χ0) is 21.4. The molecule has 1 amide bonds. The number of fused-ring (bicyclic) bond motifs is 1. The summed E-state index contributed by atoms with van der Waals surface area (Å²) in [6.07, 6.45) is 1.65. The van der Waals surface area contributed by atoms with E-state index in [1.165, 1.54) is 7.05 Å². The molecule has 2 heterocycles. The maximum Gasteiger partial charge on any atom is 0.240 e. The Labute approximate surface area is 182 Å². The second-order valence-corrected chi connectivity index (χ2v) is 10.0. The third-order valence-corrected chi connectivity index (χ3v) is 8.04. The van der Waals surface area contributed by atoms with Gasteiger partial charge in [-0.1, -0.05) is 41.9 Å². The molecule has 160 valence electrons. The second-order valence-electron chi connectivity index (χ2n) is 7.75. The molecule has 8 heteroatoms. The minimum absolute atomic E-state index is 0.0337. The first-order valence-corrected chi connectivity index (χ1v) is 11.9. The van der Waals surface area contributed by atoms with E-state index in [0.717, 1.165) is 16.7 Å². The topological polar surface area (TPSA) is 75.7 Å². The summed E-state index contributed by atoms with van der Waals surface area (Å²) in [4.78, 5) is 16.0. The van der Waals surface area contributed by atoms with E-state index in [-0.39, 0.29) is 5.91 Å². The van der Waals surface area contributed by atoms with Crippen molar-refractivity contribution in [2.75, 3.05) is 26.8 Å². The molecule has 0 spiro atoms. The van der Waals surface area contributed by atoms with Gasteiger partial charge < -0.3 is 9.64 Å². The van der Waals surface area contributed by atoms with Gasteiger partial charge in [0.25, 0.3) is 0 Å². The smallest absolute Gasteiger partial charge is 0.240 e. The van der Waals surface area contributed by atoms with E-state index in [1.807, 2.05) is 35.2 Å². The van der Waals surface area contributed by atoms with E-state index in [1.54, 1.807) is 12.1 Å². The lowest BCUT2D eigenvalue weighted by atomic mass is 9.72. The zero-order valence-corrected chi connectivity index (χ0v) is 18.4. The monoisotopic (exact) mass is 448 g/mol. The first-order valence-electron chi connectivity index (χ1n) is 10.1. The van der Waals surface area contributed by atoms with Crippen LogP contribution in [0, 0.1) is 0 Å². The average Bonchev–Trinajstić information content (AvgIpc) is 2.78. The lowest BCUT2D eigenvalue weighted by Crippen LogP contribution is -2.51. The summed E-state index contributed by atoms with van der Waals surface area (Å²) in [7, 11) is -2.14. The summed E-state index contributed by atoms with van der Waals surface area (Å²) in [5.74, 6) is 0.0337. The summed E-state index contributed by atoms with van der Waals surface area (Å²) in [6, 6.07) is 12.8. The molecular formula is C22H25ClN2O4S. The molecule has 0 aliphatic carbocycles. The lowest BCUT2D eigenvalue weighted by Gasteiger charge is -2.42. The number of nitrogens with zero attached hydrogens (tertiary/aromatic N) is 1. The third-order valence-electron chi connectivity index (χ3n) is 6.21. The highest BCUT2D eigenvalue weighted by Crippen LogP contribution is 2.41. The van der Waals surface area contributed by atoms with Gasteiger partial charge in [0.15, 0.2) is 0 Å². The molecule has 1 N–H and O–H groups in total. The van der Waals surface area contributed by atoms with Crippen molar-refractivity contribution in [3.05, 3.63) is 64.2 Å². The molecule has 0 unspecified atom stereocenters. The highest BCUT2D eigenvalue weighted by atomic mass is 35.5. The maximum atomic E-state index is 13.9. The number of benzene rings is 2. The molecule has 30 heavy (non-hydrogen) atoms. The van der Waals surface area contributed by atoms with E-state index >= 15 is 0 Å². The molecule has 4 rings (SSSR count). The number of nitrogens with one attached hydrogen (secondary N) is 1. The number of ether oxygens (including phenoxy) is 1. The molecule has 1 fully saturated rings. The van der Waals surface area contributed by atoms with Crippen LogP contribution in [0.5, 0.6) is 0 Å². The summed E-state index contributed by atoms with van der Waals surface area (Å²) in [5, 5.41) is 0.590. The predicted molar refractivity (Wildman–Crippen MR) is 115 cm³/mol. The molecule has 2 aliphatic heterocycles. The summed E-state index contributed by atoms with van der Waals surface area (Å²) < 4.78 is 32.7. The number of amides is 1.